The van der Waals surface area contributed by atoms with Crippen LogP contribution in [0, 0.1) is 6.92 Å². The normalized spacial score (nSPS) is 21.4. The Morgan fingerprint density at radius 3 is 3.05 bits per heavy atom. The molecule has 2 rings (SSSR count). The highest BCUT2D eigenvalue weighted by Gasteiger charge is 2.29. The first-order chi connectivity index (χ1) is 9.39. The van der Waals surface area contributed by atoms with E-state index in [2.05, 4.69) is 10.3 Å². The predicted octanol–water partition coefficient (Wildman–Crippen LogP) is 0.635. The van der Waals surface area contributed by atoms with Crippen molar-refractivity contribution < 1.29 is 14.3 Å². The van der Waals surface area contributed by atoms with Crippen LogP contribution < -0.4 is 15.8 Å². The van der Waals surface area contributed by atoms with Gasteiger partial charge in [-0.05, 0) is 32.4 Å². The number of hydrogen-bond donors (Lipinski definition) is 2. The van der Waals surface area contributed by atoms with Gasteiger partial charge >= 0.3 is 0 Å². The van der Waals surface area contributed by atoms with Crippen molar-refractivity contribution in [3.63, 3.8) is 0 Å². The van der Waals surface area contributed by atoms with Crippen molar-refractivity contribution in [3.8, 4) is 5.88 Å². The molecule has 1 saturated heterocycles. The number of amides is 1. The zero-order valence-corrected chi connectivity index (χ0v) is 12.1. The van der Waals surface area contributed by atoms with E-state index in [-0.39, 0.29) is 17.6 Å². The molecule has 0 radical (unpaired) electrons. The van der Waals surface area contributed by atoms with Crippen molar-refractivity contribution in [2.75, 3.05) is 19.7 Å². The van der Waals surface area contributed by atoms with E-state index in [1.165, 1.54) is 0 Å². The van der Waals surface area contributed by atoms with E-state index in [1.807, 2.05) is 13.8 Å². The number of morpholine rings is 1. The molecule has 0 bridgehead atoms. The van der Waals surface area contributed by atoms with Gasteiger partial charge in [-0.25, -0.2) is 4.98 Å². The molecule has 1 aromatic rings. The van der Waals surface area contributed by atoms with E-state index in [9.17, 15) is 4.79 Å². The molecule has 1 atom stereocenters. The molecule has 6 nitrogen and oxygen atoms in total. The number of carbonyl (C=O) groups is 1. The Morgan fingerprint density at radius 2 is 2.40 bits per heavy atom. The number of aromatic nitrogens is 1. The number of nitrogens with two attached hydrogens (primary N) is 1. The number of pyridine rings is 1. The lowest BCUT2D eigenvalue weighted by molar-refractivity contribution is -0.107. The van der Waals surface area contributed by atoms with E-state index >= 15 is 0 Å². The van der Waals surface area contributed by atoms with Crippen LogP contribution >= 0.6 is 0 Å². The number of nitrogens with one attached hydrogen (secondary N) is 1. The molecule has 0 spiro atoms. The van der Waals surface area contributed by atoms with Crippen molar-refractivity contribution in [3.05, 3.63) is 23.4 Å². The van der Waals surface area contributed by atoms with Crippen LogP contribution in [0.5, 0.6) is 5.88 Å². The molecule has 1 aliphatic rings. The Morgan fingerprint density at radius 1 is 1.65 bits per heavy atom. The maximum absolute atomic E-state index is 11.5. The Bertz CT molecular complexity index is 502. The van der Waals surface area contributed by atoms with Gasteiger partial charge in [0.15, 0.2) is 0 Å². The lowest BCUT2D eigenvalue weighted by atomic mass is 10.1. The van der Waals surface area contributed by atoms with E-state index in [1.54, 1.807) is 19.2 Å². The summed E-state index contributed by atoms with van der Waals surface area (Å²) in [5.41, 5.74) is 6.23. The number of primary amides is 1. The summed E-state index contributed by atoms with van der Waals surface area (Å²) in [6, 6.07) is 1.73. The fourth-order valence-electron chi connectivity index (χ4n) is 2.28. The van der Waals surface area contributed by atoms with Gasteiger partial charge < -0.3 is 20.5 Å². The molecular formula is C14H21N3O3. The summed E-state index contributed by atoms with van der Waals surface area (Å²) in [7, 11) is 0. The minimum atomic E-state index is -0.534. The van der Waals surface area contributed by atoms with E-state index in [0.717, 1.165) is 12.1 Å². The molecule has 1 unspecified atom stereocenters. The molecule has 20 heavy (non-hydrogen) atoms. The van der Waals surface area contributed by atoms with Crippen LogP contribution in [0.25, 0.3) is 0 Å². The second-order valence-electron chi connectivity index (χ2n) is 5.61. The maximum Gasteiger partial charge on any atom is 0.254 e. The lowest BCUT2D eigenvalue weighted by Crippen LogP contribution is -2.52. The van der Waals surface area contributed by atoms with Crippen LogP contribution in [0.4, 0.5) is 0 Å². The molecule has 1 aromatic heterocycles. The molecule has 0 saturated carbocycles. The Kier molecular flexibility index (Phi) is 4.25. The monoisotopic (exact) mass is 279 g/mol. The second kappa shape index (κ2) is 5.76. The quantitative estimate of drug-likeness (QED) is 0.844. The number of hydrogen-bond acceptors (Lipinski definition) is 5. The van der Waals surface area contributed by atoms with Crippen LogP contribution in [0.15, 0.2) is 12.3 Å². The number of aryl methyl sites for hydroxylation is 1. The van der Waals surface area contributed by atoms with Crippen LogP contribution in [0.1, 0.15) is 29.8 Å². The topological polar surface area (TPSA) is 86.5 Å². The summed E-state index contributed by atoms with van der Waals surface area (Å²) in [6.07, 6.45) is 1.52. The van der Waals surface area contributed by atoms with Gasteiger partial charge in [-0.15, -0.1) is 0 Å². The third-order valence-electron chi connectivity index (χ3n) is 3.19. The van der Waals surface area contributed by atoms with E-state index in [4.69, 9.17) is 15.2 Å². The highest BCUT2D eigenvalue weighted by atomic mass is 16.6. The van der Waals surface area contributed by atoms with E-state index < -0.39 is 5.91 Å². The van der Waals surface area contributed by atoms with Gasteiger partial charge in [0.05, 0.1) is 5.60 Å². The van der Waals surface area contributed by atoms with E-state index in [0.29, 0.717) is 18.7 Å². The zero-order valence-electron chi connectivity index (χ0n) is 12.1. The smallest absolute Gasteiger partial charge is 0.254 e. The second-order valence-corrected chi connectivity index (χ2v) is 5.61. The number of rotatable bonds is 4. The van der Waals surface area contributed by atoms with Gasteiger partial charge in [0, 0.05) is 19.3 Å². The standard InChI is InChI=1S/C14H21N3O3/c1-9-4-5-17-13(11(9)12(15)18)19-7-10-6-16-8-14(2,3)20-10/h4-5,10,16H,6-8H2,1-3H3,(H2,15,18). The van der Waals surface area contributed by atoms with Crippen molar-refractivity contribution in [1.82, 2.24) is 10.3 Å². The van der Waals surface area contributed by atoms with Crippen molar-refractivity contribution in [2.24, 2.45) is 5.73 Å². The largest absolute Gasteiger partial charge is 0.474 e. The molecule has 3 N–H and O–H groups in total. The van der Waals surface area contributed by atoms with Crippen LogP contribution in [-0.4, -0.2) is 42.3 Å². The number of ether oxygens (including phenoxy) is 2. The maximum atomic E-state index is 11.5. The molecule has 1 aliphatic heterocycles. The highest BCUT2D eigenvalue weighted by Crippen LogP contribution is 2.20. The van der Waals surface area contributed by atoms with Crippen LogP contribution in [-0.2, 0) is 4.74 Å². The fraction of sp³-hybridized carbons (Fsp3) is 0.571. The summed E-state index contributed by atoms with van der Waals surface area (Å²) in [5.74, 6) is -0.266. The molecule has 2 heterocycles. The molecular weight excluding hydrogens is 258 g/mol. The number of carbonyl (C=O) groups excluding carboxylic acids is 1. The predicted molar refractivity (Wildman–Crippen MR) is 74.8 cm³/mol. The third-order valence-corrected chi connectivity index (χ3v) is 3.19. The minimum Gasteiger partial charge on any atom is -0.474 e. The van der Waals surface area contributed by atoms with Gasteiger partial charge in [0.2, 0.25) is 5.88 Å². The molecule has 110 valence electrons. The lowest BCUT2D eigenvalue weighted by Gasteiger charge is -2.36. The SMILES string of the molecule is Cc1ccnc(OCC2CNCC(C)(C)O2)c1C(N)=O. The molecule has 6 heteroatoms. The molecule has 0 aliphatic carbocycles. The van der Waals surface area contributed by atoms with Gasteiger partial charge in [-0.2, -0.15) is 0 Å². The molecule has 1 amide bonds. The summed E-state index contributed by atoms with van der Waals surface area (Å²) in [5, 5.41) is 3.29. The van der Waals surface area contributed by atoms with Gasteiger partial charge in [-0.3, -0.25) is 4.79 Å². The molecule has 0 aromatic carbocycles. The molecule has 1 fully saturated rings. The Balaban J connectivity index is 2.04. The average molecular weight is 279 g/mol. The van der Waals surface area contributed by atoms with Crippen molar-refractivity contribution in [1.29, 1.82) is 0 Å². The van der Waals surface area contributed by atoms with Crippen LogP contribution in [0.2, 0.25) is 0 Å². The fourth-order valence-corrected chi connectivity index (χ4v) is 2.28. The highest BCUT2D eigenvalue weighted by molar-refractivity contribution is 5.96. The first-order valence-electron chi connectivity index (χ1n) is 6.66. The first-order valence-corrected chi connectivity index (χ1v) is 6.66. The Labute approximate surface area is 118 Å². The Hall–Kier alpha value is -1.66. The minimum absolute atomic E-state index is 0.0817. The van der Waals surface area contributed by atoms with Crippen molar-refractivity contribution in [2.45, 2.75) is 32.5 Å². The summed E-state index contributed by atoms with van der Waals surface area (Å²) >= 11 is 0. The van der Waals surface area contributed by atoms with Crippen molar-refractivity contribution >= 4 is 5.91 Å². The summed E-state index contributed by atoms with van der Waals surface area (Å²) in [6.45, 7) is 7.68. The first kappa shape index (κ1) is 14.7. The average Bonchev–Trinajstić information content (AvgIpc) is 2.34. The van der Waals surface area contributed by atoms with Crippen LogP contribution in [0.3, 0.4) is 0 Å². The summed E-state index contributed by atoms with van der Waals surface area (Å²) < 4.78 is 11.5. The number of nitrogens with zero attached hydrogens (tertiary/aromatic N) is 1. The third kappa shape index (κ3) is 3.46. The van der Waals surface area contributed by atoms with Gasteiger partial charge in [0.1, 0.15) is 18.3 Å². The van der Waals surface area contributed by atoms with Gasteiger partial charge in [-0.1, -0.05) is 0 Å². The zero-order chi connectivity index (χ0) is 14.8. The van der Waals surface area contributed by atoms with Gasteiger partial charge in [0.25, 0.3) is 5.91 Å². The summed E-state index contributed by atoms with van der Waals surface area (Å²) in [4.78, 5) is 15.5.